The fraction of sp³-hybridized carbons (Fsp3) is 0.115. The van der Waals surface area contributed by atoms with E-state index in [1.807, 2.05) is 23.5 Å². The minimum Gasteiger partial charge on any atom is -0.135 e. The monoisotopic (exact) mass is 810 g/mol. The van der Waals surface area contributed by atoms with E-state index >= 15 is 0 Å². The zero-order valence-electron chi connectivity index (χ0n) is 35.7. The van der Waals surface area contributed by atoms with Gasteiger partial charge in [0, 0.05) is 31.2 Å². The van der Waals surface area contributed by atoms with Crippen molar-refractivity contribution >= 4 is 65.9 Å². The fourth-order valence-corrected chi connectivity index (χ4v) is 12.6. The smallest absolute Gasteiger partial charge is 0.0434 e. The fourth-order valence-electron chi connectivity index (χ4n) is 11.4. The Balaban J connectivity index is 0.978. The Bertz CT molecular complexity index is 3520. The van der Waals surface area contributed by atoms with E-state index in [9.17, 15) is 0 Å². The number of hydrogen-bond donors (Lipinski definition) is 0. The van der Waals surface area contributed by atoms with Crippen molar-refractivity contribution in [2.24, 2.45) is 0 Å². The van der Waals surface area contributed by atoms with Crippen molar-refractivity contribution in [2.75, 3.05) is 0 Å². The lowest BCUT2D eigenvalue weighted by Gasteiger charge is -2.26. The van der Waals surface area contributed by atoms with Gasteiger partial charge in [-0.25, -0.2) is 0 Å². The van der Waals surface area contributed by atoms with Crippen LogP contribution in [0.3, 0.4) is 0 Å². The molecular formula is C61H46S. The highest BCUT2D eigenvalue weighted by molar-refractivity contribution is 7.21. The molecule has 1 unspecified atom stereocenters. The summed E-state index contributed by atoms with van der Waals surface area (Å²) in [5.41, 5.74) is 19.6. The average Bonchev–Trinajstić information content (AvgIpc) is 3.89. The minimum atomic E-state index is -0.185. The second-order valence-electron chi connectivity index (χ2n) is 18.1. The third kappa shape index (κ3) is 5.00. The molecule has 296 valence electrons. The Morgan fingerprint density at radius 2 is 1.02 bits per heavy atom. The van der Waals surface area contributed by atoms with Crippen LogP contribution in [-0.2, 0) is 10.8 Å². The molecule has 1 heterocycles. The molecule has 2 aliphatic carbocycles. The summed E-state index contributed by atoms with van der Waals surface area (Å²) in [6.07, 6.45) is 4.99. The third-order valence-electron chi connectivity index (χ3n) is 14.8. The van der Waals surface area contributed by atoms with Crippen LogP contribution >= 0.6 is 11.3 Å². The van der Waals surface area contributed by atoms with Crippen LogP contribution in [0.2, 0.25) is 0 Å². The normalized spacial score (nSPS) is 15.8. The molecule has 0 saturated heterocycles. The topological polar surface area (TPSA) is 0 Å². The first kappa shape index (κ1) is 37.0. The van der Waals surface area contributed by atoms with Crippen LogP contribution in [0.1, 0.15) is 66.8 Å². The number of hydrogen-bond acceptors (Lipinski definition) is 1. The molecule has 0 nitrogen and oxygen atoms in total. The van der Waals surface area contributed by atoms with Crippen LogP contribution in [0.25, 0.3) is 110 Å². The van der Waals surface area contributed by atoms with Crippen molar-refractivity contribution in [1.82, 2.24) is 0 Å². The summed E-state index contributed by atoms with van der Waals surface area (Å²) in [5.74, 6) is 0. The first-order valence-corrected chi connectivity index (χ1v) is 22.8. The van der Waals surface area contributed by atoms with Gasteiger partial charge in [-0.3, -0.25) is 0 Å². The Kier molecular flexibility index (Phi) is 7.97. The summed E-state index contributed by atoms with van der Waals surface area (Å²) >= 11 is 1.83. The van der Waals surface area contributed by atoms with E-state index in [1.165, 1.54) is 131 Å². The molecule has 1 aromatic heterocycles. The standard InChI is InChI=1S/C61H46S/c1-7-41-48-29-24-39-33-55-51(35-49(39)59(48)62-56(41)8-2)50-31-37(26-30-52(50)61(55,6)9-3)38-23-27-42-43-28-25-40(34-54(43)60(4,5)53(42)32-38)58-46-21-15-13-19-44(46)57(36-17-11-10-12-18-36)45-20-14-16-22-47(45)58/h7-8,10-35H,1-2,9H2,3-6H3. The number of thiophene rings is 1. The predicted octanol–water partition coefficient (Wildman–Crippen LogP) is 17.7. The van der Waals surface area contributed by atoms with Gasteiger partial charge in [0.25, 0.3) is 0 Å². The van der Waals surface area contributed by atoms with E-state index < -0.39 is 0 Å². The van der Waals surface area contributed by atoms with Gasteiger partial charge >= 0.3 is 0 Å². The van der Waals surface area contributed by atoms with Crippen molar-refractivity contribution in [3.8, 4) is 55.6 Å². The Hall–Kier alpha value is -6.80. The van der Waals surface area contributed by atoms with Crippen LogP contribution in [0.4, 0.5) is 0 Å². The highest BCUT2D eigenvalue weighted by Crippen LogP contribution is 2.55. The van der Waals surface area contributed by atoms with E-state index in [1.54, 1.807) is 0 Å². The van der Waals surface area contributed by atoms with Crippen LogP contribution in [0.15, 0.2) is 171 Å². The number of rotatable bonds is 6. The molecular weight excluding hydrogens is 765 g/mol. The summed E-state index contributed by atoms with van der Waals surface area (Å²) in [7, 11) is 0. The summed E-state index contributed by atoms with van der Waals surface area (Å²) in [4.78, 5) is 1.18. The summed E-state index contributed by atoms with van der Waals surface area (Å²) in [6, 6.07) is 60.0. The lowest BCUT2D eigenvalue weighted by Crippen LogP contribution is -2.19. The van der Waals surface area contributed by atoms with Crippen LogP contribution < -0.4 is 0 Å². The zero-order valence-corrected chi connectivity index (χ0v) is 36.5. The Morgan fingerprint density at radius 3 is 1.65 bits per heavy atom. The molecule has 0 fully saturated rings. The molecule has 12 rings (SSSR count). The maximum atomic E-state index is 4.15. The van der Waals surface area contributed by atoms with Gasteiger partial charge in [0.1, 0.15) is 0 Å². The van der Waals surface area contributed by atoms with E-state index in [2.05, 4.69) is 199 Å². The molecule has 0 radical (unpaired) electrons. The number of benzene rings is 9. The van der Waals surface area contributed by atoms with Crippen molar-refractivity contribution in [3.63, 3.8) is 0 Å². The maximum absolute atomic E-state index is 4.15. The van der Waals surface area contributed by atoms with Gasteiger partial charge < -0.3 is 0 Å². The second kappa shape index (κ2) is 13.3. The van der Waals surface area contributed by atoms with Gasteiger partial charge in [0.05, 0.1) is 0 Å². The van der Waals surface area contributed by atoms with Crippen molar-refractivity contribution in [2.45, 2.75) is 44.9 Å². The van der Waals surface area contributed by atoms with Gasteiger partial charge in [-0.2, -0.15) is 0 Å². The quantitative estimate of drug-likeness (QED) is 0.147. The van der Waals surface area contributed by atoms with Crippen LogP contribution in [0, 0.1) is 0 Å². The molecule has 0 bridgehead atoms. The molecule has 1 atom stereocenters. The lowest BCUT2D eigenvalue weighted by atomic mass is 9.77. The molecule has 0 amide bonds. The van der Waals surface area contributed by atoms with Crippen molar-refractivity contribution in [1.29, 1.82) is 0 Å². The molecule has 10 aromatic rings. The minimum absolute atomic E-state index is 0.0574. The highest BCUT2D eigenvalue weighted by atomic mass is 32.1. The van der Waals surface area contributed by atoms with E-state index in [4.69, 9.17) is 0 Å². The van der Waals surface area contributed by atoms with Crippen molar-refractivity contribution < 1.29 is 0 Å². The highest BCUT2D eigenvalue weighted by Gasteiger charge is 2.39. The van der Waals surface area contributed by atoms with Crippen LogP contribution in [0.5, 0.6) is 0 Å². The predicted molar refractivity (Wildman–Crippen MR) is 271 cm³/mol. The Labute approximate surface area is 368 Å². The Morgan fingerprint density at radius 1 is 0.452 bits per heavy atom. The third-order valence-corrected chi connectivity index (χ3v) is 16.0. The van der Waals surface area contributed by atoms with Crippen LogP contribution in [-0.4, -0.2) is 0 Å². The first-order valence-electron chi connectivity index (χ1n) is 22.0. The molecule has 0 aliphatic heterocycles. The molecule has 0 saturated carbocycles. The van der Waals surface area contributed by atoms with Gasteiger partial charge in [0.15, 0.2) is 0 Å². The van der Waals surface area contributed by atoms with E-state index in [0.717, 1.165) is 6.42 Å². The van der Waals surface area contributed by atoms with Gasteiger partial charge in [-0.05, 0) is 147 Å². The molecule has 1 heteroatoms. The van der Waals surface area contributed by atoms with E-state index in [-0.39, 0.29) is 10.8 Å². The average molecular weight is 811 g/mol. The summed E-state index contributed by atoms with van der Waals surface area (Å²) < 4.78 is 1.31. The number of fused-ring (bicyclic) bond motifs is 11. The van der Waals surface area contributed by atoms with Gasteiger partial charge in [0.2, 0.25) is 0 Å². The molecule has 0 N–H and O–H groups in total. The molecule has 0 spiro atoms. The largest absolute Gasteiger partial charge is 0.135 e. The van der Waals surface area contributed by atoms with Crippen molar-refractivity contribution in [3.05, 3.63) is 204 Å². The van der Waals surface area contributed by atoms with E-state index in [0.29, 0.717) is 0 Å². The van der Waals surface area contributed by atoms with Gasteiger partial charge in [-0.1, -0.05) is 180 Å². The first-order chi connectivity index (χ1) is 30.2. The second-order valence-corrected chi connectivity index (χ2v) is 19.2. The maximum Gasteiger partial charge on any atom is 0.0434 e. The molecule has 2 aliphatic rings. The summed E-state index contributed by atoms with van der Waals surface area (Å²) in [5, 5.41) is 9.01. The molecule has 62 heavy (non-hydrogen) atoms. The summed E-state index contributed by atoms with van der Waals surface area (Å²) in [6.45, 7) is 17.9. The SMILES string of the molecule is C=Cc1sc2c(ccc3cc4c(cc32)-c2cc(-c3ccc5c(c3)C(C)(C)c3cc(-c6c7ccccc7c(-c7ccccc7)c7ccccc67)ccc3-5)ccc2C4(C)CC)c1C=C. The molecule has 9 aromatic carbocycles. The van der Waals surface area contributed by atoms with Gasteiger partial charge in [-0.15, -0.1) is 11.3 Å². The zero-order chi connectivity index (χ0) is 42.1. The lowest BCUT2D eigenvalue weighted by molar-refractivity contribution is 0.565.